The van der Waals surface area contributed by atoms with E-state index >= 15 is 0 Å². The summed E-state index contributed by atoms with van der Waals surface area (Å²) in [6.07, 6.45) is 3.22. The average molecular weight is 384 g/mol. The largest absolute Gasteiger partial charge is 0.481 e. The predicted octanol–water partition coefficient (Wildman–Crippen LogP) is 1.80. The van der Waals surface area contributed by atoms with Crippen molar-refractivity contribution in [3.05, 3.63) is 0 Å². The Bertz CT molecular complexity index is 480. The van der Waals surface area contributed by atoms with Crippen LogP contribution in [0.3, 0.4) is 0 Å². The molecule has 0 saturated heterocycles. The monoisotopic (exact) mass is 384 g/mol. The normalized spacial score (nSPS) is 13.5. The summed E-state index contributed by atoms with van der Waals surface area (Å²) in [4.78, 5) is 22.0. The second-order valence-electron chi connectivity index (χ2n) is 6.05. The smallest absolute Gasteiger partial charge is 0.328 e. The molecule has 1 unspecified atom stereocenters. The van der Waals surface area contributed by atoms with Gasteiger partial charge >= 0.3 is 11.9 Å². The van der Waals surface area contributed by atoms with Crippen molar-refractivity contribution in [3.63, 3.8) is 0 Å². The first-order valence-electron chi connectivity index (χ1n) is 7.45. The topological polar surface area (TPSA) is 129 Å². The fourth-order valence-corrected chi connectivity index (χ4v) is 3.27. The molecule has 0 rings (SSSR count). The summed E-state index contributed by atoms with van der Waals surface area (Å²) < 4.78 is 29.3. The van der Waals surface area contributed by atoms with Gasteiger partial charge < -0.3 is 10.2 Å². The minimum atomic E-state index is -5.01. The standard InChI is InChI=1S/C14H26O7S.2Na/c1-11(2)8-6-4-3-5-7-9-14(13(17)18,10-12(15)16)22(19,20)21;;/h11H,3-10H2,1-2H3,(H,15,16)(H,17,18)(H,19,20,21);;. The molecule has 132 valence electrons. The van der Waals surface area contributed by atoms with E-state index in [1.165, 1.54) is 0 Å². The van der Waals surface area contributed by atoms with Gasteiger partial charge in [0.15, 0.2) is 0 Å². The molecule has 0 saturated carbocycles. The molecule has 24 heavy (non-hydrogen) atoms. The van der Waals surface area contributed by atoms with Crippen LogP contribution >= 0.6 is 0 Å². The molecule has 7 nitrogen and oxygen atoms in total. The van der Waals surface area contributed by atoms with Crippen LogP contribution in [0.5, 0.6) is 0 Å². The predicted molar refractivity (Wildman–Crippen MR) is 92.8 cm³/mol. The summed E-state index contributed by atoms with van der Waals surface area (Å²) in [5, 5.41) is 17.9. The summed E-state index contributed by atoms with van der Waals surface area (Å²) in [5.74, 6) is -2.77. The van der Waals surface area contributed by atoms with Gasteiger partial charge in [0.2, 0.25) is 4.75 Å². The van der Waals surface area contributed by atoms with E-state index in [0.29, 0.717) is 12.3 Å². The SMILES string of the molecule is CC(C)CCCCCCCC(CC(=O)O)(C(=O)O)S(=O)(=O)O.[Na].[Na]. The van der Waals surface area contributed by atoms with Crippen LogP contribution < -0.4 is 0 Å². The molecule has 0 aromatic carbocycles. The summed E-state index contributed by atoms with van der Waals surface area (Å²) in [7, 11) is -5.01. The molecule has 3 N–H and O–H groups in total. The van der Waals surface area contributed by atoms with E-state index in [0.717, 1.165) is 25.7 Å². The Hall–Kier alpha value is 0.850. The number of carboxylic acids is 2. The number of hydrogen-bond donors (Lipinski definition) is 3. The first kappa shape index (κ1) is 29.6. The fraction of sp³-hybridized carbons (Fsp3) is 0.857. The van der Waals surface area contributed by atoms with Crippen LogP contribution in [-0.2, 0) is 19.7 Å². The molecule has 0 aliphatic heterocycles. The number of carbonyl (C=O) groups is 2. The van der Waals surface area contributed by atoms with E-state index in [9.17, 15) is 22.6 Å². The molecule has 10 heteroatoms. The maximum absolute atomic E-state index is 11.4. The van der Waals surface area contributed by atoms with Crippen molar-refractivity contribution in [1.29, 1.82) is 0 Å². The van der Waals surface area contributed by atoms with E-state index in [1.807, 2.05) is 0 Å². The number of unbranched alkanes of at least 4 members (excludes halogenated alkanes) is 4. The van der Waals surface area contributed by atoms with Gasteiger partial charge in [-0.25, -0.2) is 0 Å². The van der Waals surface area contributed by atoms with Gasteiger partial charge in [-0.2, -0.15) is 8.42 Å². The Morgan fingerprint density at radius 1 is 0.958 bits per heavy atom. The quantitative estimate of drug-likeness (QED) is 0.266. The Morgan fingerprint density at radius 3 is 1.79 bits per heavy atom. The second kappa shape index (κ2) is 14.0. The van der Waals surface area contributed by atoms with Gasteiger partial charge in [-0.15, -0.1) is 0 Å². The summed E-state index contributed by atoms with van der Waals surface area (Å²) in [6, 6.07) is 0. The van der Waals surface area contributed by atoms with Crippen LogP contribution in [0.2, 0.25) is 0 Å². The minimum Gasteiger partial charge on any atom is -0.481 e. The van der Waals surface area contributed by atoms with Crippen LogP contribution in [-0.4, -0.2) is 99.0 Å². The Labute approximate surface area is 188 Å². The van der Waals surface area contributed by atoms with Crippen LogP contribution in [0.1, 0.15) is 65.2 Å². The minimum absolute atomic E-state index is 0. The van der Waals surface area contributed by atoms with Crippen LogP contribution in [0.15, 0.2) is 0 Å². The zero-order chi connectivity index (χ0) is 17.4. The number of rotatable bonds is 12. The van der Waals surface area contributed by atoms with E-state index in [-0.39, 0.29) is 65.5 Å². The molecule has 0 bridgehead atoms. The molecule has 0 fully saturated rings. The fourth-order valence-electron chi connectivity index (χ4n) is 2.34. The summed E-state index contributed by atoms with van der Waals surface area (Å²) in [5.41, 5.74) is 0. The third-order valence-electron chi connectivity index (χ3n) is 3.68. The number of aliphatic carboxylic acids is 2. The van der Waals surface area contributed by atoms with E-state index in [1.54, 1.807) is 0 Å². The van der Waals surface area contributed by atoms with E-state index < -0.39 is 39.6 Å². The molecular weight excluding hydrogens is 358 g/mol. The summed E-state index contributed by atoms with van der Waals surface area (Å²) >= 11 is 0. The van der Waals surface area contributed by atoms with Crippen LogP contribution in [0, 0.1) is 5.92 Å². The van der Waals surface area contributed by atoms with Crippen molar-refractivity contribution in [1.82, 2.24) is 0 Å². The average Bonchev–Trinajstić information content (AvgIpc) is 2.33. The van der Waals surface area contributed by atoms with Gasteiger partial charge in [0.1, 0.15) is 0 Å². The van der Waals surface area contributed by atoms with Crippen molar-refractivity contribution in [2.75, 3.05) is 0 Å². The van der Waals surface area contributed by atoms with Crippen molar-refractivity contribution < 1.29 is 32.8 Å². The van der Waals surface area contributed by atoms with Crippen molar-refractivity contribution in [3.8, 4) is 0 Å². The van der Waals surface area contributed by atoms with E-state index in [4.69, 9.17) is 10.2 Å². The van der Waals surface area contributed by atoms with Gasteiger partial charge in [-0.05, 0) is 12.3 Å². The van der Waals surface area contributed by atoms with Crippen LogP contribution in [0.25, 0.3) is 0 Å². The zero-order valence-electron chi connectivity index (χ0n) is 15.1. The molecule has 0 aliphatic rings. The molecule has 0 amide bonds. The number of carboxylic acid groups (broad SMARTS) is 2. The van der Waals surface area contributed by atoms with Crippen molar-refractivity contribution in [2.24, 2.45) is 5.92 Å². The van der Waals surface area contributed by atoms with Gasteiger partial charge in [-0.1, -0.05) is 52.4 Å². The zero-order valence-corrected chi connectivity index (χ0v) is 19.9. The van der Waals surface area contributed by atoms with Crippen molar-refractivity contribution in [2.45, 2.75) is 70.0 Å². The Balaban J connectivity index is -0.00000220. The Kier molecular flexibility index (Phi) is 17.2. The molecular formula is C14H26Na2O7S. The molecule has 1 atom stereocenters. The number of hydrogen-bond acceptors (Lipinski definition) is 4. The van der Waals surface area contributed by atoms with E-state index in [2.05, 4.69) is 13.8 Å². The third-order valence-corrected chi connectivity index (χ3v) is 5.19. The maximum atomic E-state index is 11.4. The Morgan fingerprint density at radius 2 is 1.42 bits per heavy atom. The van der Waals surface area contributed by atoms with Gasteiger partial charge in [-0.3, -0.25) is 14.1 Å². The first-order valence-corrected chi connectivity index (χ1v) is 8.89. The molecule has 0 spiro atoms. The van der Waals surface area contributed by atoms with Gasteiger partial charge in [0.05, 0.1) is 6.42 Å². The molecule has 0 heterocycles. The first-order chi connectivity index (χ1) is 10.0. The van der Waals surface area contributed by atoms with Crippen molar-refractivity contribution >= 4 is 81.2 Å². The van der Waals surface area contributed by atoms with Crippen LogP contribution in [0.4, 0.5) is 0 Å². The maximum Gasteiger partial charge on any atom is 0.328 e. The third kappa shape index (κ3) is 10.8. The molecule has 2 radical (unpaired) electrons. The molecule has 0 aromatic heterocycles. The van der Waals surface area contributed by atoms with Gasteiger partial charge in [0.25, 0.3) is 10.1 Å². The molecule has 0 aliphatic carbocycles. The summed E-state index contributed by atoms with van der Waals surface area (Å²) in [6.45, 7) is 4.25. The van der Waals surface area contributed by atoms with Gasteiger partial charge in [0, 0.05) is 59.1 Å². The molecule has 0 aromatic rings. The second-order valence-corrected chi connectivity index (χ2v) is 7.78.